The zero-order chi connectivity index (χ0) is 25.3. The molecule has 186 valence electrons. The Morgan fingerprint density at radius 3 is 2.64 bits per heavy atom. The van der Waals surface area contributed by atoms with Crippen molar-refractivity contribution in [2.75, 3.05) is 12.3 Å². The molecule has 1 aromatic carbocycles. The molecule has 9 nitrogen and oxygen atoms in total. The van der Waals surface area contributed by atoms with Crippen LogP contribution in [0.2, 0.25) is 0 Å². The van der Waals surface area contributed by atoms with Gasteiger partial charge in [0.2, 0.25) is 0 Å². The Bertz CT molecular complexity index is 1360. The number of ether oxygens (including phenoxy) is 2. The van der Waals surface area contributed by atoms with Gasteiger partial charge in [-0.1, -0.05) is 6.07 Å². The lowest BCUT2D eigenvalue weighted by atomic mass is 10.1. The zero-order valence-electron chi connectivity index (χ0n) is 20.7. The third kappa shape index (κ3) is 4.82. The number of hydrogen-bond acceptors (Lipinski definition) is 7. The minimum Gasteiger partial charge on any atom is -0.487 e. The summed E-state index contributed by atoms with van der Waals surface area (Å²) in [6.07, 6.45) is 6.57. The van der Waals surface area contributed by atoms with Crippen LogP contribution < -0.4 is 10.5 Å². The van der Waals surface area contributed by atoms with E-state index in [1.165, 1.54) is 0 Å². The first-order chi connectivity index (χ1) is 17.3. The van der Waals surface area contributed by atoms with Crippen molar-refractivity contribution in [3.8, 4) is 17.0 Å². The first-order valence-corrected chi connectivity index (χ1v) is 12.1. The maximum absolute atomic E-state index is 12.9. The number of nitrogens with two attached hydrogens (primary N) is 1. The number of nitrogen functional groups attached to an aromatic ring is 1. The summed E-state index contributed by atoms with van der Waals surface area (Å²) in [6.45, 7) is 6.61. The van der Waals surface area contributed by atoms with Crippen LogP contribution in [0.4, 0.5) is 10.6 Å². The Balaban J connectivity index is 1.45. The van der Waals surface area contributed by atoms with Gasteiger partial charge in [0.25, 0.3) is 0 Å². The van der Waals surface area contributed by atoms with Crippen molar-refractivity contribution in [1.82, 2.24) is 24.3 Å². The minimum absolute atomic E-state index is 0.219. The SMILES string of the molecule is CC(C)(C)OC(=O)N1CCC[C@H]1c1nc(-c2ccc(OCc3ccccn3)cc2)c2c(N)nccn12. The fourth-order valence-corrected chi connectivity index (χ4v) is 4.45. The molecule has 9 heteroatoms. The molecule has 4 aromatic rings. The number of amides is 1. The lowest BCUT2D eigenvalue weighted by Gasteiger charge is -2.28. The molecule has 0 aliphatic carbocycles. The van der Waals surface area contributed by atoms with Crippen molar-refractivity contribution >= 4 is 17.4 Å². The number of aromatic nitrogens is 4. The Hall–Kier alpha value is -4.14. The minimum atomic E-state index is -0.571. The predicted molar refractivity (Wildman–Crippen MR) is 136 cm³/mol. The predicted octanol–water partition coefficient (Wildman–Crippen LogP) is 5.02. The molecule has 3 aromatic heterocycles. The molecule has 1 aliphatic heterocycles. The molecule has 0 bridgehead atoms. The fraction of sp³-hybridized carbons (Fsp3) is 0.333. The summed E-state index contributed by atoms with van der Waals surface area (Å²) < 4.78 is 13.5. The number of carbonyl (C=O) groups excluding carboxylic acids is 1. The zero-order valence-corrected chi connectivity index (χ0v) is 20.7. The number of benzene rings is 1. The molecule has 0 saturated carbocycles. The van der Waals surface area contributed by atoms with Gasteiger partial charge < -0.3 is 15.2 Å². The lowest BCUT2D eigenvalue weighted by molar-refractivity contribution is 0.0218. The smallest absolute Gasteiger partial charge is 0.410 e. The Morgan fingerprint density at radius 1 is 1.11 bits per heavy atom. The quantitative estimate of drug-likeness (QED) is 0.422. The number of fused-ring (bicyclic) bond motifs is 1. The summed E-state index contributed by atoms with van der Waals surface area (Å²) in [5.41, 5.74) is 8.91. The van der Waals surface area contributed by atoms with Gasteiger partial charge in [0.1, 0.15) is 40.8 Å². The second-order valence-corrected chi connectivity index (χ2v) is 9.82. The third-order valence-electron chi connectivity index (χ3n) is 6.03. The van der Waals surface area contributed by atoms with E-state index in [4.69, 9.17) is 20.2 Å². The van der Waals surface area contributed by atoms with Gasteiger partial charge in [-0.2, -0.15) is 0 Å². The van der Waals surface area contributed by atoms with Crippen LogP contribution in [0.15, 0.2) is 61.1 Å². The highest BCUT2D eigenvalue weighted by Gasteiger charge is 2.36. The molecule has 36 heavy (non-hydrogen) atoms. The molecule has 0 spiro atoms. The first kappa shape index (κ1) is 23.6. The van der Waals surface area contributed by atoms with Gasteiger partial charge >= 0.3 is 6.09 Å². The van der Waals surface area contributed by atoms with Gasteiger partial charge in [-0.25, -0.2) is 14.8 Å². The molecule has 1 aliphatic rings. The number of pyridine rings is 1. The van der Waals surface area contributed by atoms with Gasteiger partial charge in [-0.05, 0) is 70.0 Å². The van der Waals surface area contributed by atoms with Crippen LogP contribution in [0, 0.1) is 0 Å². The number of likely N-dealkylation sites (tertiary alicyclic amines) is 1. The molecular formula is C27H30N6O3. The number of nitrogens with zero attached hydrogens (tertiary/aromatic N) is 5. The van der Waals surface area contributed by atoms with E-state index in [1.807, 2.05) is 73.8 Å². The van der Waals surface area contributed by atoms with Crippen molar-refractivity contribution in [1.29, 1.82) is 0 Å². The Kier molecular flexibility index (Phi) is 6.22. The van der Waals surface area contributed by atoms with E-state index in [1.54, 1.807) is 17.3 Å². The topological polar surface area (TPSA) is 108 Å². The molecule has 1 amide bonds. The number of hydrogen-bond donors (Lipinski definition) is 1. The van der Waals surface area contributed by atoms with E-state index in [0.717, 1.165) is 35.7 Å². The average molecular weight is 487 g/mol. The van der Waals surface area contributed by atoms with Crippen molar-refractivity contribution in [2.24, 2.45) is 0 Å². The van der Waals surface area contributed by atoms with E-state index < -0.39 is 5.60 Å². The van der Waals surface area contributed by atoms with Crippen LogP contribution >= 0.6 is 0 Å². The summed E-state index contributed by atoms with van der Waals surface area (Å²) >= 11 is 0. The maximum atomic E-state index is 12.9. The highest BCUT2D eigenvalue weighted by atomic mass is 16.6. The monoisotopic (exact) mass is 486 g/mol. The van der Waals surface area contributed by atoms with E-state index >= 15 is 0 Å². The Morgan fingerprint density at radius 2 is 1.92 bits per heavy atom. The van der Waals surface area contributed by atoms with E-state index in [0.29, 0.717) is 30.2 Å². The lowest BCUT2D eigenvalue weighted by Crippen LogP contribution is -2.36. The summed E-state index contributed by atoms with van der Waals surface area (Å²) in [6, 6.07) is 13.2. The van der Waals surface area contributed by atoms with Crippen molar-refractivity contribution in [3.05, 3.63) is 72.6 Å². The van der Waals surface area contributed by atoms with Crippen LogP contribution in [-0.4, -0.2) is 42.5 Å². The second kappa shape index (κ2) is 9.49. The number of rotatable bonds is 5. The first-order valence-electron chi connectivity index (χ1n) is 12.1. The molecule has 4 heterocycles. The molecule has 0 radical (unpaired) electrons. The van der Waals surface area contributed by atoms with Crippen molar-refractivity contribution in [2.45, 2.75) is 51.9 Å². The van der Waals surface area contributed by atoms with Crippen LogP contribution in [0.3, 0.4) is 0 Å². The molecule has 0 unspecified atom stereocenters. The largest absolute Gasteiger partial charge is 0.487 e. The van der Waals surface area contributed by atoms with Crippen molar-refractivity contribution in [3.63, 3.8) is 0 Å². The molecule has 1 atom stereocenters. The van der Waals surface area contributed by atoms with Crippen molar-refractivity contribution < 1.29 is 14.3 Å². The fourth-order valence-electron chi connectivity index (χ4n) is 4.45. The van der Waals surface area contributed by atoms with Crippen LogP contribution in [0.1, 0.15) is 51.2 Å². The maximum Gasteiger partial charge on any atom is 0.410 e. The van der Waals surface area contributed by atoms with Gasteiger partial charge in [0.15, 0.2) is 0 Å². The van der Waals surface area contributed by atoms with Gasteiger partial charge in [-0.3, -0.25) is 14.3 Å². The molecular weight excluding hydrogens is 456 g/mol. The highest BCUT2D eigenvalue weighted by Crippen LogP contribution is 2.37. The standard InChI is InChI=1S/C27H30N6O3/c1-27(2,3)36-26(34)32-15-6-8-21(32)25-31-22(23-24(28)30-14-16-33(23)25)18-9-11-20(12-10-18)35-17-19-7-4-5-13-29-19/h4-5,7,9-14,16,21H,6,8,15,17H2,1-3H3,(H2,28,30)/t21-/m0/s1. The van der Waals surface area contributed by atoms with Gasteiger partial charge in [0, 0.05) is 30.7 Å². The summed E-state index contributed by atoms with van der Waals surface area (Å²) in [7, 11) is 0. The molecule has 1 saturated heterocycles. The van der Waals surface area contributed by atoms with Crippen LogP contribution in [0.5, 0.6) is 5.75 Å². The van der Waals surface area contributed by atoms with Gasteiger partial charge in [-0.15, -0.1) is 0 Å². The van der Waals surface area contributed by atoms with Gasteiger partial charge in [0.05, 0.1) is 11.7 Å². The average Bonchev–Trinajstić information content (AvgIpc) is 3.48. The number of carbonyl (C=O) groups is 1. The normalized spacial score (nSPS) is 15.9. The number of imidazole rings is 1. The summed E-state index contributed by atoms with van der Waals surface area (Å²) in [4.78, 5) is 28.3. The van der Waals surface area contributed by atoms with E-state index in [-0.39, 0.29) is 12.1 Å². The molecule has 2 N–H and O–H groups in total. The van der Waals surface area contributed by atoms with Crippen LogP contribution in [-0.2, 0) is 11.3 Å². The van der Waals surface area contributed by atoms with E-state index in [9.17, 15) is 4.79 Å². The Labute approximate surface area is 209 Å². The molecule has 1 fully saturated rings. The van der Waals surface area contributed by atoms with Crippen LogP contribution in [0.25, 0.3) is 16.8 Å². The summed E-state index contributed by atoms with van der Waals surface area (Å²) in [5, 5.41) is 0. The second-order valence-electron chi connectivity index (χ2n) is 9.82. The third-order valence-corrected chi connectivity index (χ3v) is 6.03. The molecule has 5 rings (SSSR count). The number of anilines is 1. The summed E-state index contributed by atoms with van der Waals surface area (Å²) in [5.74, 6) is 1.85. The highest BCUT2D eigenvalue weighted by molar-refractivity contribution is 5.85. The van der Waals surface area contributed by atoms with E-state index in [2.05, 4.69) is 9.97 Å².